The van der Waals surface area contributed by atoms with Crippen LogP contribution in [0.4, 0.5) is 5.69 Å². The Morgan fingerprint density at radius 3 is 2.52 bits per heavy atom. The molecule has 0 heterocycles. The second-order valence-corrected chi connectivity index (χ2v) is 5.98. The number of halogens is 1. The van der Waals surface area contributed by atoms with Gasteiger partial charge in [-0.2, -0.15) is 0 Å². The maximum Gasteiger partial charge on any atom is 0.308 e. The monoisotopic (exact) mass is 406 g/mol. The molecule has 0 aliphatic heterocycles. The highest BCUT2D eigenvalue weighted by atomic mass is 127. The molecule has 0 spiro atoms. The maximum absolute atomic E-state index is 12.1. The van der Waals surface area contributed by atoms with Gasteiger partial charge in [-0.05, 0) is 34.6 Å². The molecule has 1 unspecified atom stereocenters. The molecular weight excluding hydrogens is 391 g/mol. The first-order valence-corrected chi connectivity index (χ1v) is 7.26. The Balaban J connectivity index is 2.87. The SMILES string of the molecule is CC(C)C(CNC(=O)c1cc([N+](=O)[O-])ccc1I)C(=O)O. The van der Waals surface area contributed by atoms with Gasteiger partial charge in [-0.15, -0.1) is 0 Å². The fourth-order valence-electron chi connectivity index (χ4n) is 1.71. The number of nitrogens with one attached hydrogen (secondary N) is 1. The van der Waals surface area contributed by atoms with Gasteiger partial charge in [-0.1, -0.05) is 13.8 Å². The highest BCUT2D eigenvalue weighted by Crippen LogP contribution is 2.19. The number of non-ortho nitro benzene ring substituents is 1. The second-order valence-electron chi connectivity index (χ2n) is 4.82. The first kappa shape index (κ1) is 17.3. The maximum atomic E-state index is 12.1. The molecule has 1 rings (SSSR count). The number of nitro benzene ring substituents is 1. The van der Waals surface area contributed by atoms with Crippen LogP contribution in [0.15, 0.2) is 18.2 Å². The van der Waals surface area contributed by atoms with E-state index < -0.39 is 22.7 Å². The van der Waals surface area contributed by atoms with E-state index in [1.165, 1.54) is 18.2 Å². The van der Waals surface area contributed by atoms with Crippen molar-refractivity contribution in [2.24, 2.45) is 11.8 Å². The van der Waals surface area contributed by atoms with Crippen LogP contribution in [0.2, 0.25) is 0 Å². The van der Waals surface area contributed by atoms with Gasteiger partial charge in [0.25, 0.3) is 11.6 Å². The zero-order valence-electron chi connectivity index (χ0n) is 11.5. The summed E-state index contributed by atoms with van der Waals surface area (Å²) >= 11 is 1.90. The number of aliphatic carboxylic acids is 1. The van der Waals surface area contributed by atoms with Crippen LogP contribution in [-0.4, -0.2) is 28.5 Å². The minimum atomic E-state index is -0.987. The van der Waals surface area contributed by atoms with Gasteiger partial charge in [0.1, 0.15) is 0 Å². The van der Waals surface area contributed by atoms with Crippen LogP contribution in [0, 0.1) is 25.5 Å². The van der Waals surface area contributed by atoms with Gasteiger partial charge in [0.2, 0.25) is 0 Å². The predicted molar refractivity (Wildman–Crippen MR) is 84.1 cm³/mol. The third-order valence-electron chi connectivity index (χ3n) is 3.01. The summed E-state index contributed by atoms with van der Waals surface area (Å²) in [5.74, 6) is -2.34. The summed E-state index contributed by atoms with van der Waals surface area (Å²) in [6.07, 6.45) is 0. The minimum Gasteiger partial charge on any atom is -0.481 e. The molecule has 0 saturated heterocycles. The van der Waals surface area contributed by atoms with E-state index in [0.29, 0.717) is 3.57 Å². The van der Waals surface area contributed by atoms with Crippen LogP contribution in [0.5, 0.6) is 0 Å². The molecule has 1 amide bonds. The van der Waals surface area contributed by atoms with Crippen LogP contribution in [-0.2, 0) is 4.79 Å². The molecule has 0 aliphatic carbocycles. The zero-order valence-corrected chi connectivity index (χ0v) is 13.7. The molecule has 2 N–H and O–H groups in total. The molecule has 8 heteroatoms. The van der Waals surface area contributed by atoms with E-state index in [1.54, 1.807) is 13.8 Å². The third kappa shape index (κ3) is 4.66. The topological polar surface area (TPSA) is 110 Å². The van der Waals surface area contributed by atoms with Crippen molar-refractivity contribution < 1.29 is 19.6 Å². The van der Waals surface area contributed by atoms with Gasteiger partial charge in [0.05, 0.1) is 16.4 Å². The number of hydrogen-bond donors (Lipinski definition) is 2. The van der Waals surface area contributed by atoms with Gasteiger partial charge in [-0.3, -0.25) is 19.7 Å². The fraction of sp³-hybridized carbons (Fsp3) is 0.385. The smallest absolute Gasteiger partial charge is 0.308 e. The summed E-state index contributed by atoms with van der Waals surface area (Å²) in [5.41, 5.74) is -0.0168. The number of carboxylic acid groups (broad SMARTS) is 1. The van der Waals surface area contributed by atoms with Gasteiger partial charge in [0.15, 0.2) is 0 Å². The largest absolute Gasteiger partial charge is 0.481 e. The normalized spacial score (nSPS) is 12.0. The highest BCUT2D eigenvalue weighted by Gasteiger charge is 2.23. The molecule has 0 fully saturated rings. The van der Waals surface area contributed by atoms with Crippen molar-refractivity contribution in [1.82, 2.24) is 5.32 Å². The van der Waals surface area contributed by atoms with Crippen LogP contribution in [0.3, 0.4) is 0 Å². The average Bonchev–Trinajstić information content (AvgIpc) is 2.37. The molecule has 0 saturated carbocycles. The average molecular weight is 406 g/mol. The van der Waals surface area contributed by atoms with Crippen molar-refractivity contribution in [2.45, 2.75) is 13.8 Å². The Morgan fingerprint density at radius 1 is 1.43 bits per heavy atom. The second kappa shape index (κ2) is 7.34. The highest BCUT2D eigenvalue weighted by molar-refractivity contribution is 14.1. The fourth-order valence-corrected chi connectivity index (χ4v) is 2.29. The van der Waals surface area contributed by atoms with Crippen molar-refractivity contribution in [1.29, 1.82) is 0 Å². The lowest BCUT2D eigenvalue weighted by Gasteiger charge is -2.17. The molecule has 114 valence electrons. The molecule has 0 radical (unpaired) electrons. The summed E-state index contributed by atoms with van der Waals surface area (Å²) in [6.45, 7) is 3.48. The molecule has 0 aromatic heterocycles. The van der Waals surface area contributed by atoms with Crippen molar-refractivity contribution in [3.05, 3.63) is 37.4 Å². The van der Waals surface area contributed by atoms with Crippen LogP contribution < -0.4 is 5.32 Å². The van der Waals surface area contributed by atoms with E-state index in [4.69, 9.17) is 5.11 Å². The number of benzene rings is 1. The van der Waals surface area contributed by atoms with Gasteiger partial charge in [0, 0.05) is 22.2 Å². The number of nitro groups is 1. The first-order valence-electron chi connectivity index (χ1n) is 6.19. The van der Waals surface area contributed by atoms with E-state index in [1.807, 2.05) is 22.6 Å². The van der Waals surface area contributed by atoms with E-state index in [2.05, 4.69) is 5.32 Å². The molecular formula is C13H15IN2O5. The predicted octanol–water partition coefficient (Wildman–Crippen LogP) is 2.29. The number of amides is 1. The summed E-state index contributed by atoms with van der Waals surface area (Å²) in [6, 6.07) is 3.97. The first-order chi connectivity index (χ1) is 9.73. The lowest BCUT2D eigenvalue weighted by atomic mass is 9.96. The molecule has 1 atom stereocenters. The number of carbonyl (C=O) groups is 2. The molecule has 1 aromatic carbocycles. The molecule has 1 aromatic rings. The Kier molecular flexibility index (Phi) is 6.06. The van der Waals surface area contributed by atoms with E-state index in [9.17, 15) is 19.7 Å². The Morgan fingerprint density at radius 2 is 2.05 bits per heavy atom. The quantitative estimate of drug-likeness (QED) is 0.428. The van der Waals surface area contributed by atoms with Crippen molar-refractivity contribution in [3.63, 3.8) is 0 Å². The summed E-state index contributed by atoms with van der Waals surface area (Å²) in [5, 5.41) is 22.3. The van der Waals surface area contributed by atoms with E-state index in [-0.39, 0.29) is 23.7 Å². The van der Waals surface area contributed by atoms with Crippen LogP contribution >= 0.6 is 22.6 Å². The standard InChI is InChI=1S/C13H15IN2O5/c1-7(2)10(13(18)19)6-15-12(17)9-5-8(16(20)21)3-4-11(9)14/h3-5,7,10H,6H2,1-2H3,(H,15,17)(H,18,19). The van der Waals surface area contributed by atoms with Crippen LogP contribution in [0.25, 0.3) is 0 Å². The lowest BCUT2D eigenvalue weighted by molar-refractivity contribution is -0.384. The number of rotatable bonds is 6. The molecule has 0 aliphatic rings. The Bertz CT molecular complexity index is 574. The third-order valence-corrected chi connectivity index (χ3v) is 3.95. The number of carboxylic acids is 1. The van der Waals surface area contributed by atoms with Crippen molar-refractivity contribution in [2.75, 3.05) is 6.54 Å². The van der Waals surface area contributed by atoms with Gasteiger partial charge >= 0.3 is 5.97 Å². The number of carbonyl (C=O) groups excluding carboxylic acids is 1. The van der Waals surface area contributed by atoms with E-state index in [0.717, 1.165) is 0 Å². The van der Waals surface area contributed by atoms with Crippen LogP contribution in [0.1, 0.15) is 24.2 Å². The molecule has 21 heavy (non-hydrogen) atoms. The lowest BCUT2D eigenvalue weighted by Crippen LogP contribution is -2.35. The molecule has 7 nitrogen and oxygen atoms in total. The van der Waals surface area contributed by atoms with Gasteiger partial charge in [-0.25, -0.2) is 0 Å². The number of nitrogens with zero attached hydrogens (tertiary/aromatic N) is 1. The summed E-state index contributed by atoms with van der Waals surface area (Å²) in [4.78, 5) is 33.3. The van der Waals surface area contributed by atoms with Gasteiger partial charge < -0.3 is 10.4 Å². The van der Waals surface area contributed by atoms with Crippen molar-refractivity contribution >= 4 is 40.2 Å². The summed E-state index contributed by atoms with van der Waals surface area (Å²) < 4.78 is 0.562. The Labute approximate surface area is 135 Å². The Hall–Kier alpha value is -1.71. The van der Waals surface area contributed by atoms with Crippen molar-refractivity contribution in [3.8, 4) is 0 Å². The van der Waals surface area contributed by atoms with E-state index >= 15 is 0 Å². The number of hydrogen-bond acceptors (Lipinski definition) is 4. The zero-order chi connectivity index (χ0) is 16.2. The minimum absolute atomic E-state index is 0.0232. The molecule has 0 bridgehead atoms. The summed E-state index contributed by atoms with van der Waals surface area (Å²) in [7, 11) is 0.